The molecule has 3 heterocycles. The van der Waals surface area contributed by atoms with Crippen molar-refractivity contribution in [1.82, 2.24) is 9.13 Å². The number of anilines is 1. The van der Waals surface area contributed by atoms with Gasteiger partial charge in [-0.25, -0.2) is 4.99 Å². The lowest BCUT2D eigenvalue weighted by Crippen LogP contribution is -2.40. The van der Waals surface area contributed by atoms with Crippen molar-refractivity contribution in [3.8, 4) is 5.75 Å². The smallest absolute Gasteiger partial charge is 0.271 e. The lowest BCUT2D eigenvalue weighted by atomic mass is 9.95. The Hall–Kier alpha value is -4.95. The number of fused-ring (bicyclic) bond motifs is 2. The van der Waals surface area contributed by atoms with Crippen LogP contribution in [0.15, 0.2) is 119 Å². The van der Waals surface area contributed by atoms with Crippen LogP contribution in [0.3, 0.4) is 0 Å². The predicted octanol–water partition coefficient (Wildman–Crippen LogP) is 5.02. The molecule has 41 heavy (non-hydrogen) atoms. The Morgan fingerprint density at radius 1 is 1.10 bits per heavy atom. The van der Waals surface area contributed by atoms with Gasteiger partial charge in [-0.2, -0.15) is 0 Å². The monoisotopic (exact) mass is 560 g/mol. The first-order valence-electron chi connectivity index (χ1n) is 13.2. The predicted molar refractivity (Wildman–Crippen MR) is 164 cm³/mol. The van der Waals surface area contributed by atoms with Crippen LogP contribution < -0.4 is 24.9 Å². The van der Waals surface area contributed by atoms with Gasteiger partial charge in [0.25, 0.3) is 11.5 Å². The lowest BCUT2D eigenvalue weighted by molar-refractivity contribution is -0.113. The van der Waals surface area contributed by atoms with Crippen LogP contribution in [-0.2, 0) is 11.3 Å². The van der Waals surface area contributed by atoms with Gasteiger partial charge in [-0.05, 0) is 48.9 Å². The van der Waals surface area contributed by atoms with Gasteiger partial charge < -0.3 is 14.6 Å². The fraction of sp³-hybridized carbons (Fsp3) is 0.121. The van der Waals surface area contributed by atoms with Crippen molar-refractivity contribution >= 4 is 39.9 Å². The van der Waals surface area contributed by atoms with E-state index in [2.05, 4.69) is 22.5 Å². The third kappa shape index (κ3) is 4.83. The molecular formula is C33H28N4O3S. The summed E-state index contributed by atoms with van der Waals surface area (Å²) < 4.78 is 9.76. The summed E-state index contributed by atoms with van der Waals surface area (Å²) in [6.45, 7) is 6.35. The Bertz CT molecular complexity index is 2010. The maximum Gasteiger partial charge on any atom is 0.271 e. The molecule has 1 amide bonds. The Morgan fingerprint density at radius 2 is 1.88 bits per heavy atom. The Kier molecular flexibility index (Phi) is 6.99. The molecule has 0 spiro atoms. The minimum absolute atomic E-state index is 0.209. The molecule has 3 aromatic carbocycles. The van der Waals surface area contributed by atoms with Crippen molar-refractivity contribution in [2.45, 2.75) is 19.5 Å². The van der Waals surface area contributed by atoms with Crippen molar-refractivity contribution < 1.29 is 9.53 Å². The summed E-state index contributed by atoms with van der Waals surface area (Å²) in [6, 6.07) is 24.1. The molecule has 0 fully saturated rings. The van der Waals surface area contributed by atoms with Gasteiger partial charge in [-0.1, -0.05) is 65.9 Å². The molecule has 0 saturated carbocycles. The Labute approximate surface area is 240 Å². The van der Waals surface area contributed by atoms with Crippen LogP contribution in [0.5, 0.6) is 5.75 Å². The van der Waals surface area contributed by atoms with Crippen LogP contribution in [0.1, 0.15) is 24.1 Å². The van der Waals surface area contributed by atoms with Crippen LogP contribution in [0.4, 0.5) is 5.69 Å². The maximum atomic E-state index is 14.1. The number of rotatable bonds is 7. The van der Waals surface area contributed by atoms with Gasteiger partial charge in [0.1, 0.15) is 5.75 Å². The van der Waals surface area contributed by atoms with Crippen molar-refractivity contribution in [2.75, 3.05) is 12.4 Å². The molecule has 6 rings (SSSR count). The minimum atomic E-state index is -0.686. The first kappa shape index (κ1) is 26.3. The molecule has 0 aliphatic carbocycles. The summed E-state index contributed by atoms with van der Waals surface area (Å²) in [5.41, 5.74) is 4.17. The number of hydrogen-bond acceptors (Lipinski definition) is 5. The van der Waals surface area contributed by atoms with Gasteiger partial charge in [-0.3, -0.25) is 14.2 Å². The maximum absolute atomic E-state index is 14.1. The third-order valence-corrected chi connectivity index (χ3v) is 8.12. The lowest BCUT2D eigenvalue weighted by Gasteiger charge is -2.25. The fourth-order valence-corrected chi connectivity index (χ4v) is 6.32. The molecule has 8 heteroatoms. The first-order valence-corrected chi connectivity index (χ1v) is 14.0. The largest absolute Gasteiger partial charge is 0.497 e. The first-order chi connectivity index (χ1) is 20.0. The van der Waals surface area contributed by atoms with E-state index in [0.29, 0.717) is 38.6 Å². The van der Waals surface area contributed by atoms with E-state index in [1.165, 1.54) is 11.3 Å². The molecule has 1 aliphatic rings. The number of carbonyl (C=O) groups is 1. The van der Waals surface area contributed by atoms with Gasteiger partial charge in [0.2, 0.25) is 0 Å². The summed E-state index contributed by atoms with van der Waals surface area (Å²) in [5, 5.41) is 4.03. The van der Waals surface area contributed by atoms with Crippen LogP contribution in [0, 0.1) is 0 Å². The zero-order valence-electron chi connectivity index (χ0n) is 22.7. The molecule has 7 nitrogen and oxygen atoms in total. The molecule has 1 aliphatic heterocycles. The second-order valence-corrected chi connectivity index (χ2v) is 10.7. The summed E-state index contributed by atoms with van der Waals surface area (Å²) in [7, 11) is 1.59. The summed E-state index contributed by atoms with van der Waals surface area (Å²) in [6.07, 6.45) is 5.80. The van der Waals surface area contributed by atoms with E-state index >= 15 is 0 Å². The van der Waals surface area contributed by atoms with Crippen molar-refractivity contribution in [2.24, 2.45) is 4.99 Å². The number of benzene rings is 3. The van der Waals surface area contributed by atoms with E-state index in [9.17, 15) is 9.59 Å². The van der Waals surface area contributed by atoms with Crippen LogP contribution in [-0.4, -0.2) is 22.2 Å². The van der Waals surface area contributed by atoms with E-state index in [-0.39, 0.29) is 11.5 Å². The highest BCUT2D eigenvalue weighted by Gasteiger charge is 2.32. The molecule has 1 N–H and O–H groups in total. The number of para-hydroxylation sites is 2. The number of ether oxygens (including phenoxy) is 1. The van der Waals surface area contributed by atoms with E-state index in [4.69, 9.17) is 9.73 Å². The molecular weight excluding hydrogens is 532 g/mol. The standard InChI is InChI=1S/C33H28N4O3S/c1-4-17-36-20-23(26-15-8-9-16-27(26)36)19-28-32(39)37-30(22-11-10-14-25(18-22)40-3)29(21(2)34-33(37)41-28)31(38)35-24-12-6-5-7-13-24/h4-16,18-20,30H,1,17H2,2-3H3,(H,35,38)/b28-19-/t30-/m0/s1. The number of nitrogens with zero attached hydrogens (tertiary/aromatic N) is 3. The number of thiazole rings is 1. The van der Waals surface area contributed by atoms with Crippen LogP contribution in [0.25, 0.3) is 17.0 Å². The van der Waals surface area contributed by atoms with Gasteiger partial charge in [0.05, 0.1) is 29.0 Å². The Balaban J connectivity index is 1.54. The molecule has 204 valence electrons. The molecule has 0 bridgehead atoms. The number of nitrogens with one attached hydrogen (secondary N) is 1. The van der Waals surface area contributed by atoms with Gasteiger partial charge in [0, 0.05) is 34.9 Å². The van der Waals surface area contributed by atoms with E-state index in [1.807, 2.05) is 98.1 Å². The van der Waals surface area contributed by atoms with Crippen LogP contribution >= 0.6 is 11.3 Å². The number of carbonyl (C=O) groups excluding carboxylic acids is 1. The molecule has 1 atom stereocenters. The van der Waals surface area contributed by atoms with Gasteiger partial charge in [0.15, 0.2) is 4.80 Å². The highest BCUT2D eigenvalue weighted by Crippen LogP contribution is 2.32. The normalized spacial score (nSPS) is 15.0. The molecule has 0 saturated heterocycles. The number of methoxy groups -OCH3 is 1. The molecule has 0 unspecified atom stereocenters. The zero-order valence-corrected chi connectivity index (χ0v) is 23.5. The Morgan fingerprint density at radius 3 is 2.66 bits per heavy atom. The average Bonchev–Trinajstić information content (AvgIpc) is 3.49. The second kappa shape index (κ2) is 10.9. The molecule has 5 aromatic rings. The minimum Gasteiger partial charge on any atom is -0.497 e. The zero-order chi connectivity index (χ0) is 28.5. The van der Waals surface area contributed by atoms with E-state index in [1.54, 1.807) is 11.7 Å². The number of aromatic nitrogens is 2. The second-order valence-electron chi connectivity index (χ2n) is 9.72. The van der Waals surface area contributed by atoms with Gasteiger partial charge >= 0.3 is 0 Å². The van der Waals surface area contributed by atoms with Crippen molar-refractivity contribution in [3.05, 3.63) is 140 Å². The highest BCUT2D eigenvalue weighted by atomic mass is 32.1. The quantitative estimate of drug-likeness (QED) is 0.284. The molecule has 0 radical (unpaired) electrons. The SMILES string of the molecule is C=CCn1cc(/C=c2\sc3n(c2=O)[C@@H](c2cccc(OC)c2)C(C(=O)Nc2ccccc2)=C(C)N=3)c2ccccc21. The van der Waals surface area contributed by atoms with Crippen LogP contribution in [0.2, 0.25) is 0 Å². The number of hydrogen-bond donors (Lipinski definition) is 1. The number of amides is 1. The third-order valence-electron chi connectivity index (χ3n) is 7.14. The van der Waals surface area contributed by atoms with E-state index < -0.39 is 6.04 Å². The van der Waals surface area contributed by atoms with Crippen molar-refractivity contribution in [1.29, 1.82) is 0 Å². The topological polar surface area (TPSA) is 77.6 Å². The van der Waals surface area contributed by atoms with Crippen molar-refractivity contribution in [3.63, 3.8) is 0 Å². The average molecular weight is 561 g/mol. The summed E-state index contributed by atoms with van der Waals surface area (Å²) in [4.78, 5) is 33.2. The highest BCUT2D eigenvalue weighted by molar-refractivity contribution is 7.07. The fourth-order valence-electron chi connectivity index (χ4n) is 5.28. The summed E-state index contributed by atoms with van der Waals surface area (Å²) >= 11 is 1.32. The molecule has 2 aromatic heterocycles. The van der Waals surface area contributed by atoms with Gasteiger partial charge in [-0.15, -0.1) is 6.58 Å². The summed E-state index contributed by atoms with van der Waals surface area (Å²) in [5.74, 6) is 0.323. The van der Waals surface area contributed by atoms with E-state index in [0.717, 1.165) is 22.0 Å². The number of allylic oxidation sites excluding steroid dienone is 2.